The van der Waals surface area contributed by atoms with Gasteiger partial charge in [-0.1, -0.05) is 67.6 Å². The second-order valence-electron chi connectivity index (χ2n) is 10.7. The molecule has 36 heavy (non-hydrogen) atoms. The Labute approximate surface area is 212 Å². The van der Waals surface area contributed by atoms with Crippen LogP contribution in [0.2, 0.25) is 0 Å². The van der Waals surface area contributed by atoms with E-state index in [1.807, 2.05) is 0 Å². The number of hydrogen-bond donors (Lipinski definition) is 0. The third-order valence-electron chi connectivity index (χ3n) is 8.38. The van der Waals surface area contributed by atoms with Gasteiger partial charge in [0.2, 0.25) is 5.72 Å². The summed E-state index contributed by atoms with van der Waals surface area (Å²) in [5.74, 6) is 0.859. The predicted octanol–water partition coefficient (Wildman–Crippen LogP) is 7.53. The van der Waals surface area contributed by atoms with Crippen molar-refractivity contribution in [1.29, 1.82) is 0 Å². The van der Waals surface area contributed by atoms with Crippen LogP contribution in [0.3, 0.4) is 0 Å². The molecule has 180 valence electrons. The molecule has 0 bridgehead atoms. The summed E-state index contributed by atoms with van der Waals surface area (Å²) in [5.41, 5.74) is 6.41. The number of aliphatic imine (C=N–C) groups is 1. The van der Waals surface area contributed by atoms with E-state index in [1.165, 1.54) is 33.6 Å². The van der Waals surface area contributed by atoms with Crippen molar-refractivity contribution in [2.75, 3.05) is 22.9 Å². The molecular formula is C32H31N3O. The molecule has 0 aliphatic carbocycles. The molecule has 3 heterocycles. The van der Waals surface area contributed by atoms with Crippen LogP contribution < -0.4 is 14.5 Å². The van der Waals surface area contributed by atoms with Crippen LogP contribution in [-0.4, -0.2) is 25.0 Å². The third kappa shape index (κ3) is 2.73. The summed E-state index contributed by atoms with van der Waals surface area (Å²) in [4.78, 5) is 10.0. The number of rotatable bonds is 3. The van der Waals surface area contributed by atoms with Gasteiger partial charge in [-0.3, -0.25) is 4.99 Å². The Balaban J connectivity index is 1.43. The lowest BCUT2D eigenvalue weighted by Gasteiger charge is -2.46. The predicted molar refractivity (Wildman–Crippen MR) is 150 cm³/mol. The minimum Gasteiger partial charge on any atom is -0.459 e. The number of fused-ring (bicyclic) bond motifs is 5. The smallest absolute Gasteiger partial charge is 0.228 e. The number of nitrogens with zero attached hydrogens (tertiary/aromatic N) is 3. The lowest BCUT2D eigenvalue weighted by molar-refractivity contribution is 0.0778. The van der Waals surface area contributed by atoms with E-state index in [9.17, 15) is 0 Å². The molecule has 0 N–H and O–H groups in total. The molecule has 0 fully saturated rings. The number of anilines is 3. The first kappa shape index (κ1) is 21.5. The van der Waals surface area contributed by atoms with Gasteiger partial charge in [-0.25, -0.2) is 0 Å². The van der Waals surface area contributed by atoms with E-state index in [1.54, 1.807) is 0 Å². The molecule has 0 amide bonds. The fraction of sp³-hybridized carbons (Fsp3) is 0.281. The average molecular weight is 474 g/mol. The molecule has 0 saturated heterocycles. The molecule has 4 nitrogen and oxygen atoms in total. The first-order valence-electron chi connectivity index (χ1n) is 13.1. The van der Waals surface area contributed by atoms with Crippen molar-refractivity contribution in [1.82, 2.24) is 0 Å². The van der Waals surface area contributed by atoms with E-state index in [-0.39, 0.29) is 5.41 Å². The maximum Gasteiger partial charge on any atom is 0.228 e. The summed E-state index contributed by atoms with van der Waals surface area (Å²) in [5, 5.41) is 2.35. The lowest BCUT2D eigenvalue weighted by Crippen LogP contribution is -2.62. The fourth-order valence-corrected chi connectivity index (χ4v) is 6.56. The Morgan fingerprint density at radius 2 is 1.58 bits per heavy atom. The molecule has 1 spiro atoms. The molecule has 0 radical (unpaired) electrons. The highest BCUT2D eigenvalue weighted by molar-refractivity contribution is 6.07. The molecule has 4 aromatic rings. The van der Waals surface area contributed by atoms with Crippen molar-refractivity contribution >= 4 is 39.7 Å². The molecule has 1 unspecified atom stereocenters. The van der Waals surface area contributed by atoms with Crippen molar-refractivity contribution in [3.63, 3.8) is 0 Å². The van der Waals surface area contributed by atoms with Gasteiger partial charge in [-0.05, 0) is 49.9 Å². The maximum atomic E-state index is 7.19. The Bertz CT molecular complexity index is 1540. The first-order valence-corrected chi connectivity index (χ1v) is 13.1. The van der Waals surface area contributed by atoms with Gasteiger partial charge in [0, 0.05) is 41.3 Å². The standard InChI is InChI=1S/C32H31N3O/c1-4-18-35-27-16-10-8-14-25(27)31(2,3)32(35)21-33-30-24-13-7-6-12-23(24)28(20-29(30)36-32)34-19-17-22-11-5-9-15-26(22)34/h5-16,20-21H,4,17-19H2,1-3H3. The highest BCUT2D eigenvalue weighted by Crippen LogP contribution is 2.56. The summed E-state index contributed by atoms with van der Waals surface area (Å²) >= 11 is 0. The summed E-state index contributed by atoms with van der Waals surface area (Å²) in [6.07, 6.45) is 4.16. The van der Waals surface area contributed by atoms with E-state index in [4.69, 9.17) is 9.73 Å². The van der Waals surface area contributed by atoms with Crippen LogP contribution in [0.25, 0.3) is 10.8 Å². The molecule has 7 rings (SSSR count). The molecule has 1 atom stereocenters. The van der Waals surface area contributed by atoms with Gasteiger partial charge in [-0.15, -0.1) is 0 Å². The van der Waals surface area contributed by atoms with Crippen LogP contribution in [0.4, 0.5) is 22.7 Å². The van der Waals surface area contributed by atoms with Gasteiger partial charge < -0.3 is 14.5 Å². The van der Waals surface area contributed by atoms with E-state index in [2.05, 4.69) is 116 Å². The van der Waals surface area contributed by atoms with Gasteiger partial charge in [0.15, 0.2) is 5.75 Å². The summed E-state index contributed by atoms with van der Waals surface area (Å²) in [6, 6.07) is 28.3. The van der Waals surface area contributed by atoms with Crippen molar-refractivity contribution < 1.29 is 4.74 Å². The topological polar surface area (TPSA) is 28.1 Å². The molecule has 3 aliphatic heterocycles. The monoisotopic (exact) mass is 473 g/mol. The zero-order valence-corrected chi connectivity index (χ0v) is 21.2. The van der Waals surface area contributed by atoms with E-state index in [0.29, 0.717) is 0 Å². The summed E-state index contributed by atoms with van der Waals surface area (Å²) in [6.45, 7) is 8.68. The SMILES string of the molecule is CCCN1c2ccccc2C(C)(C)C12C=Nc1c(cc(N3CCc4ccccc43)c3ccccc13)O2. The van der Waals surface area contributed by atoms with Crippen molar-refractivity contribution in [2.24, 2.45) is 4.99 Å². The van der Waals surface area contributed by atoms with Crippen molar-refractivity contribution in [2.45, 2.75) is 44.8 Å². The Hall–Kier alpha value is -3.79. The molecule has 4 heteroatoms. The second-order valence-corrected chi connectivity index (χ2v) is 10.7. The number of para-hydroxylation sites is 2. The van der Waals surface area contributed by atoms with Crippen LogP contribution >= 0.6 is 0 Å². The van der Waals surface area contributed by atoms with E-state index < -0.39 is 5.72 Å². The van der Waals surface area contributed by atoms with Gasteiger partial charge in [-0.2, -0.15) is 0 Å². The van der Waals surface area contributed by atoms with Crippen LogP contribution in [0.15, 0.2) is 83.9 Å². The van der Waals surface area contributed by atoms with Gasteiger partial charge in [0.25, 0.3) is 0 Å². The molecule has 0 aromatic heterocycles. The summed E-state index contributed by atoms with van der Waals surface area (Å²) < 4.78 is 7.19. The van der Waals surface area contributed by atoms with E-state index in [0.717, 1.165) is 42.8 Å². The van der Waals surface area contributed by atoms with Crippen LogP contribution in [-0.2, 0) is 11.8 Å². The number of ether oxygens (including phenoxy) is 1. The van der Waals surface area contributed by atoms with Crippen molar-refractivity contribution in [3.05, 3.63) is 90.0 Å². The molecule has 0 saturated carbocycles. The first-order chi connectivity index (χ1) is 17.5. The van der Waals surface area contributed by atoms with Crippen LogP contribution in [0.1, 0.15) is 38.3 Å². The average Bonchev–Trinajstić information content (AvgIpc) is 3.41. The highest BCUT2D eigenvalue weighted by atomic mass is 16.5. The highest BCUT2D eigenvalue weighted by Gasteiger charge is 2.59. The fourth-order valence-electron chi connectivity index (χ4n) is 6.56. The van der Waals surface area contributed by atoms with Gasteiger partial charge >= 0.3 is 0 Å². The maximum absolute atomic E-state index is 7.19. The van der Waals surface area contributed by atoms with E-state index >= 15 is 0 Å². The Morgan fingerprint density at radius 3 is 2.42 bits per heavy atom. The largest absolute Gasteiger partial charge is 0.459 e. The zero-order chi connectivity index (χ0) is 24.5. The molecule has 4 aromatic carbocycles. The van der Waals surface area contributed by atoms with Gasteiger partial charge in [0.1, 0.15) is 5.69 Å². The molecule has 3 aliphatic rings. The number of hydrogen-bond acceptors (Lipinski definition) is 4. The normalized spacial score (nSPS) is 21.0. The molecular weight excluding hydrogens is 442 g/mol. The Kier molecular flexibility index (Phi) is 4.54. The quantitative estimate of drug-likeness (QED) is 0.308. The minimum atomic E-state index is -0.678. The van der Waals surface area contributed by atoms with Crippen LogP contribution in [0, 0.1) is 0 Å². The second kappa shape index (κ2) is 7.60. The Morgan fingerprint density at radius 1 is 0.861 bits per heavy atom. The lowest BCUT2D eigenvalue weighted by atomic mass is 9.77. The van der Waals surface area contributed by atoms with Crippen molar-refractivity contribution in [3.8, 4) is 5.75 Å². The third-order valence-corrected chi connectivity index (χ3v) is 8.38. The summed E-state index contributed by atoms with van der Waals surface area (Å²) in [7, 11) is 0. The van der Waals surface area contributed by atoms with Crippen LogP contribution in [0.5, 0.6) is 5.75 Å². The number of benzene rings is 4. The van der Waals surface area contributed by atoms with Gasteiger partial charge in [0.05, 0.1) is 17.3 Å². The zero-order valence-electron chi connectivity index (χ0n) is 21.2. The minimum absolute atomic E-state index is 0.272.